The third-order valence-electron chi connectivity index (χ3n) is 6.25. The number of hydrogen-bond donors (Lipinski definition) is 1. The van der Waals surface area contributed by atoms with Crippen molar-refractivity contribution < 1.29 is 4.79 Å². The van der Waals surface area contributed by atoms with Gasteiger partial charge >= 0.3 is 0 Å². The Morgan fingerprint density at radius 3 is 2.16 bits per heavy atom. The van der Waals surface area contributed by atoms with Gasteiger partial charge in [-0.25, -0.2) is 0 Å². The van der Waals surface area contributed by atoms with Gasteiger partial charge in [0.05, 0.1) is 6.04 Å². The summed E-state index contributed by atoms with van der Waals surface area (Å²) in [6.45, 7) is 1.08. The van der Waals surface area contributed by atoms with Gasteiger partial charge in [-0.3, -0.25) is 9.69 Å². The summed E-state index contributed by atoms with van der Waals surface area (Å²) in [5, 5.41) is 3.52. The van der Waals surface area contributed by atoms with E-state index in [1.165, 1.54) is 44.9 Å². The molecule has 1 N–H and O–H groups in total. The van der Waals surface area contributed by atoms with Crippen LogP contribution in [0.1, 0.15) is 51.4 Å². The van der Waals surface area contributed by atoms with Crippen LogP contribution < -0.4 is 5.32 Å². The second-order valence-electron chi connectivity index (χ2n) is 7.83. The van der Waals surface area contributed by atoms with Gasteiger partial charge in [0.1, 0.15) is 0 Å². The van der Waals surface area contributed by atoms with Crippen LogP contribution in [0.2, 0.25) is 0 Å². The molecular weight excluding hydrogens is 236 g/mol. The Bertz CT molecular complexity index is 357. The number of likely N-dealkylation sites (tertiary alicyclic amines) is 1. The summed E-state index contributed by atoms with van der Waals surface area (Å²) in [4.78, 5) is 14.8. The first-order chi connectivity index (χ1) is 9.13. The molecule has 3 heteroatoms. The van der Waals surface area contributed by atoms with Crippen molar-refractivity contribution in [3.8, 4) is 0 Å². The van der Waals surface area contributed by atoms with Gasteiger partial charge < -0.3 is 5.32 Å². The molecule has 1 heterocycles. The van der Waals surface area contributed by atoms with Crippen molar-refractivity contribution in [1.82, 2.24) is 10.2 Å². The summed E-state index contributed by atoms with van der Waals surface area (Å²) >= 11 is 0. The fourth-order valence-electron chi connectivity index (χ4n) is 5.85. The van der Waals surface area contributed by atoms with E-state index in [0.29, 0.717) is 5.91 Å². The molecule has 0 spiro atoms. The van der Waals surface area contributed by atoms with E-state index < -0.39 is 0 Å². The van der Waals surface area contributed by atoms with E-state index in [-0.39, 0.29) is 11.6 Å². The van der Waals surface area contributed by atoms with Gasteiger partial charge in [0, 0.05) is 5.54 Å². The van der Waals surface area contributed by atoms with Crippen LogP contribution in [0.3, 0.4) is 0 Å². The molecule has 5 rings (SSSR count). The van der Waals surface area contributed by atoms with E-state index >= 15 is 0 Å². The second kappa shape index (κ2) is 4.21. The first-order valence-electron chi connectivity index (χ1n) is 8.16. The van der Waals surface area contributed by atoms with Gasteiger partial charge in [-0.05, 0) is 82.7 Å². The molecule has 0 unspecified atom stereocenters. The molecule has 0 aromatic rings. The SMILES string of the molecule is CN1CCC[C@@H]1C(=O)NC12CC3CC(CC(C3)C1)C2. The number of hydrogen-bond acceptors (Lipinski definition) is 2. The Morgan fingerprint density at radius 2 is 1.68 bits per heavy atom. The van der Waals surface area contributed by atoms with E-state index in [1.807, 2.05) is 0 Å². The lowest BCUT2D eigenvalue weighted by molar-refractivity contribution is -0.130. The van der Waals surface area contributed by atoms with Crippen molar-refractivity contribution in [3.63, 3.8) is 0 Å². The predicted octanol–water partition coefficient (Wildman–Crippen LogP) is 2.17. The molecule has 5 aliphatic rings. The van der Waals surface area contributed by atoms with Crippen LogP contribution in [0.4, 0.5) is 0 Å². The highest BCUT2D eigenvalue weighted by molar-refractivity contribution is 5.82. The van der Waals surface area contributed by atoms with Crippen molar-refractivity contribution in [1.29, 1.82) is 0 Å². The van der Waals surface area contributed by atoms with Crippen LogP contribution in [-0.2, 0) is 4.79 Å². The number of carbonyl (C=O) groups excluding carboxylic acids is 1. The minimum Gasteiger partial charge on any atom is -0.349 e. The fourth-order valence-corrected chi connectivity index (χ4v) is 5.85. The standard InChI is InChI=1S/C16H26N2O/c1-18-4-2-3-14(18)15(19)17-16-8-11-5-12(9-16)7-13(6-11)10-16/h11-14H,2-10H2,1H3,(H,17,19)/t11?,12?,13?,14-,16?/m1/s1. The fraction of sp³-hybridized carbons (Fsp3) is 0.938. The normalized spacial score (nSPS) is 48.7. The van der Waals surface area contributed by atoms with Crippen molar-refractivity contribution in [2.45, 2.75) is 62.9 Å². The molecule has 0 aromatic carbocycles. The highest BCUT2D eigenvalue weighted by Gasteiger charge is 2.52. The number of likely N-dealkylation sites (N-methyl/N-ethyl adjacent to an activating group) is 1. The van der Waals surface area contributed by atoms with Crippen LogP contribution in [-0.4, -0.2) is 36.0 Å². The van der Waals surface area contributed by atoms with Crippen LogP contribution in [0.5, 0.6) is 0 Å². The van der Waals surface area contributed by atoms with Crippen molar-refractivity contribution >= 4 is 5.91 Å². The Balaban J connectivity index is 1.48. The predicted molar refractivity (Wildman–Crippen MR) is 74.7 cm³/mol. The lowest BCUT2D eigenvalue weighted by atomic mass is 9.53. The van der Waals surface area contributed by atoms with E-state index in [1.54, 1.807) is 0 Å². The minimum absolute atomic E-state index is 0.146. The van der Waals surface area contributed by atoms with E-state index in [9.17, 15) is 4.79 Å². The number of carbonyl (C=O) groups is 1. The zero-order valence-electron chi connectivity index (χ0n) is 12.0. The van der Waals surface area contributed by atoms with E-state index in [4.69, 9.17) is 0 Å². The molecule has 19 heavy (non-hydrogen) atoms. The van der Waals surface area contributed by atoms with E-state index in [0.717, 1.165) is 30.7 Å². The number of nitrogens with zero attached hydrogens (tertiary/aromatic N) is 1. The van der Waals surface area contributed by atoms with Crippen LogP contribution in [0, 0.1) is 17.8 Å². The smallest absolute Gasteiger partial charge is 0.237 e. The molecule has 4 saturated carbocycles. The first-order valence-corrected chi connectivity index (χ1v) is 8.16. The summed E-state index contributed by atoms with van der Waals surface area (Å²) < 4.78 is 0. The average molecular weight is 262 g/mol. The lowest BCUT2D eigenvalue weighted by Gasteiger charge is -2.57. The summed E-state index contributed by atoms with van der Waals surface area (Å²) in [5.41, 5.74) is 0.190. The first kappa shape index (κ1) is 12.2. The average Bonchev–Trinajstić information content (AvgIpc) is 2.72. The molecular formula is C16H26N2O. The molecule has 4 bridgehead atoms. The second-order valence-corrected chi connectivity index (χ2v) is 7.83. The minimum atomic E-state index is 0.146. The van der Waals surface area contributed by atoms with Gasteiger partial charge in [0.15, 0.2) is 0 Å². The maximum Gasteiger partial charge on any atom is 0.237 e. The van der Waals surface area contributed by atoms with Crippen molar-refractivity contribution in [3.05, 3.63) is 0 Å². The molecule has 1 amide bonds. The Hall–Kier alpha value is -0.570. The third-order valence-corrected chi connectivity index (χ3v) is 6.25. The molecule has 5 fully saturated rings. The van der Waals surface area contributed by atoms with Gasteiger partial charge in [0.2, 0.25) is 5.91 Å². The van der Waals surface area contributed by atoms with Crippen molar-refractivity contribution in [2.75, 3.05) is 13.6 Å². The molecule has 4 aliphatic carbocycles. The van der Waals surface area contributed by atoms with Gasteiger partial charge in [-0.15, -0.1) is 0 Å². The third kappa shape index (κ3) is 2.01. The molecule has 3 nitrogen and oxygen atoms in total. The number of amides is 1. The molecule has 0 aromatic heterocycles. The van der Waals surface area contributed by atoms with Gasteiger partial charge in [-0.1, -0.05) is 0 Å². The Kier molecular flexibility index (Phi) is 2.70. The zero-order chi connectivity index (χ0) is 13.0. The Labute approximate surface area is 116 Å². The summed E-state index contributed by atoms with van der Waals surface area (Å²) in [6.07, 6.45) is 10.4. The molecule has 106 valence electrons. The molecule has 1 saturated heterocycles. The van der Waals surface area contributed by atoms with Crippen LogP contribution in [0.25, 0.3) is 0 Å². The highest BCUT2D eigenvalue weighted by atomic mass is 16.2. The molecule has 0 radical (unpaired) electrons. The van der Waals surface area contributed by atoms with Gasteiger partial charge in [-0.2, -0.15) is 0 Å². The van der Waals surface area contributed by atoms with Crippen LogP contribution >= 0.6 is 0 Å². The van der Waals surface area contributed by atoms with E-state index in [2.05, 4.69) is 17.3 Å². The quantitative estimate of drug-likeness (QED) is 0.827. The Morgan fingerprint density at radius 1 is 1.11 bits per heavy atom. The maximum absolute atomic E-state index is 12.6. The number of nitrogens with one attached hydrogen (secondary N) is 1. The maximum atomic E-state index is 12.6. The largest absolute Gasteiger partial charge is 0.349 e. The van der Waals surface area contributed by atoms with Crippen LogP contribution in [0.15, 0.2) is 0 Å². The highest BCUT2D eigenvalue weighted by Crippen LogP contribution is 2.55. The molecule has 1 aliphatic heterocycles. The number of rotatable bonds is 2. The topological polar surface area (TPSA) is 32.3 Å². The zero-order valence-corrected chi connectivity index (χ0v) is 12.0. The summed E-state index contributed by atoms with van der Waals surface area (Å²) in [6, 6.07) is 0.146. The summed E-state index contributed by atoms with van der Waals surface area (Å²) in [7, 11) is 2.09. The lowest BCUT2D eigenvalue weighted by Crippen LogP contribution is -2.62. The monoisotopic (exact) mass is 262 g/mol. The van der Waals surface area contributed by atoms with Crippen molar-refractivity contribution in [2.24, 2.45) is 17.8 Å². The summed E-state index contributed by atoms with van der Waals surface area (Å²) in [5.74, 6) is 3.05. The molecule has 1 atom stereocenters. The van der Waals surface area contributed by atoms with Gasteiger partial charge in [0.25, 0.3) is 0 Å².